The van der Waals surface area contributed by atoms with Gasteiger partial charge in [0.1, 0.15) is 4.88 Å². The first-order chi connectivity index (χ1) is 9.22. The molecule has 0 atom stereocenters. The summed E-state index contributed by atoms with van der Waals surface area (Å²) in [6, 6.07) is 0. The minimum absolute atomic E-state index is 0.0759. The predicted octanol–water partition coefficient (Wildman–Crippen LogP) is 1.79. The van der Waals surface area contributed by atoms with Gasteiger partial charge in [-0.2, -0.15) is 0 Å². The van der Waals surface area contributed by atoms with E-state index in [1.54, 1.807) is 0 Å². The van der Waals surface area contributed by atoms with Crippen molar-refractivity contribution in [3.63, 3.8) is 0 Å². The van der Waals surface area contributed by atoms with Gasteiger partial charge >= 0.3 is 0 Å². The molecule has 1 fully saturated rings. The van der Waals surface area contributed by atoms with Crippen molar-refractivity contribution >= 4 is 17.4 Å². The van der Waals surface area contributed by atoms with Crippen molar-refractivity contribution in [2.24, 2.45) is 0 Å². The minimum atomic E-state index is 0.0759. The molecule has 0 saturated carbocycles. The van der Waals surface area contributed by atoms with E-state index in [0.29, 0.717) is 4.88 Å². The lowest BCUT2D eigenvalue weighted by Crippen LogP contribution is -2.40. The SMILES string of the molecule is CCN(CCN1CCCCC1)C(=O)c1snnc1C. The Labute approximate surface area is 118 Å². The number of aryl methyl sites for hydroxylation is 1. The number of hydrogen-bond acceptors (Lipinski definition) is 5. The van der Waals surface area contributed by atoms with Gasteiger partial charge in [0.2, 0.25) is 0 Å². The first-order valence-electron chi connectivity index (χ1n) is 7.03. The molecule has 1 aliphatic rings. The van der Waals surface area contributed by atoms with Crippen molar-refractivity contribution in [2.75, 3.05) is 32.7 Å². The number of carbonyl (C=O) groups is 1. The van der Waals surface area contributed by atoms with Crippen molar-refractivity contribution < 1.29 is 4.79 Å². The van der Waals surface area contributed by atoms with E-state index in [2.05, 4.69) is 14.5 Å². The molecule has 19 heavy (non-hydrogen) atoms. The summed E-state index contributed by atoms with van der Waals surface area (Å²) in [7, 11) is 0. The maximum absolute atomic E-state index is 12.4. The monoisotopic (exact) mass is 282 g/mol. The number of carbonyl (C=O) groups excluding carboxylic acids is 1. The van der Waals surface area contributed by atoms with Crippen LogP contribution >= 0.6 is 11.5 Å². The summed E-state index contributed by atoms with van der Waals surface area (Å²) in [6.07, 6.45) is 3.93. The Morgan fingerprint density at radius 2 is 2.11 bits per heavy atom. The number of likely N-dealkylation sites (tertiary alicyclic amines) is 1. The summed E-state index contributed by atoms with van der Waals surface area (Å²) in [4.78, 5) is 17.4. The van der Waals surface area contributed by atoms with Crippen molar-refractivity contribution in [3.05, 3.63) is 10.6 Å². The number of likely N-dealkylation sites (N-methyl/N-ethyl adjacent to an activating group) is 1. The minimum Gasteiger partial charge on any atom is -0.337 e. The van der Waals surface area contributed by atoms with Gasteiger partial charge in [0.15, 0.2) is 0 Å². The first kappa shape index (κ1) is 14.4. The van der Waals surface area contributed by atoms with E-state index >= 15 is 0 Å². The second kappa shape index (κ2) is 6.96. The van der Waals surface area contributed by atoms with Crippen molar-refractivity contribution in [2.45, 2.75) is 33.1 Å². The molecular formula is C13H22N4OS. The smallest absolute Gasteiger partial charge is 0.267 e. The summed E-state index contributed by atoms with van der Waals surface area (Å²) >= 11 is 1.20. The van der Waals surface area contributed by atoms with Gasteiger partial charge in [0, 0.05) is 19.6 Å². The molecule has 1 aliphatic heterocycles. The van der Waals surface area contributed by atoms with Gasteiger partial charge < -0.3 is 9.80 Å². The molecule has 0 spiro atoms. The maximum Gasteiger partial charge on any atom is 0.267 e. The standard InChI is InChI=1S/C13H22N4OS/c1-3-17(10-9-16-7-5-4-6-8-16)13(18)12-11(2)14-15-19-12/h3-10H2,1-2H3. The Hall–Kier alpha value is -1.01. The Balaban J connectivity index is 1.89. The van der Waals surface area contributed by atoms with Crippen LogP contribution < -0.4 is 0 Å². The average Bonchev–Trinajstić information content (AvgIpc) is 2.86. The summed E-state index contributed by atoms with van der Waals surface area (Å²) < 4.78 is 3.84. The van der Waals surface area contributed by atoms with E-state index in [-0.39, 0.29) is 5.91 Å². The number of rotatable bonds is 5. The number of piperidine rings is 1. The van der Waals surface area contributed by atoms with Crippen molar-refractivity contribution in [1.29, 1.82) is 0 Å². The van der Waals surface area contributed by atoms with E-state index in [9.17, 15) is 4.79 Å². The predicted molar refractivity (Wildman–Crippen MR) is 76.5 cm³/mol. The first-order valence-corrected chi connectivity index (χ1v) is 7.80. The molecule has 1 saturated heterocycles. The molecule has 2 rings (SSSR count). The van der Waals surface area contributed by atoms with E-state index in [1.165, 1.54) is 43.9 Å². The normalized spacial score (nSPS) is 16.5. The summed E-state index contributed by atoms with van der Waals surface area (Å²) in [5.41, 5.74) is 0.742. The highest BCUT2D eigenvalue weighted by molar-refractivity contribution is 7.07. The van der Waals surface area contributed by atoms with Crippen LogP contribution in [0.3, 0.4) is 0 Å². The van der Waals surface area contributed by atoms with E-state index in [4.69, 9.17) is 0 Å². The molecule has 106 valence electrons. The van der Waals surface area contributed by atoms with E-state index < -0.39 is 0 Å². The third-order valence-corrected chi connectivity index (χ3v) is 4.47. The summed E-state index contributed by atoms with van der Waals surface area (Å²) in [5.74, 6) is 0.0759. The van der Waals surface area contributed by atoms with Crippen LogP contribution in [0.1, 0.15) is 41.6 Å². The second-order valence-electron chi connectivity index (χ2n) is 4.97. The van der Waals surface area contributed by atoms with Gasteiger partial charge in [-0.1, -0.05) is 10.9 Å². The van der Waals surface area contributed by atoms with Crippen molar-refractivity contribution in [3.8, 4) is 0 Å². The molecule has 0 unspecified atom stereocenters. The van der Waals surface area contributed by atoms with Crippen LogP contribution in [0.15, 0.2) is 0 Å². The Bertz CT molecular complexity index is 415. The van der Waals surface area contributed by atoms with Gasteiger partial charge in [-0.3, -0.25) is 4.79 Å². The van der Waals surface area contributed by atoms with Gasteiger partial charge in [-0.25, -0.2) is 0 Å². The lowest BCUT2D eigenvalue weighted by molar-refractivity contribution is 0.0743. The number of aromatic nitrogens is 2. The molecule has 5 nitrogen and oxygen atoms in total. The lowest BCUT2D eigenvalue weighted by atomic mass is 10.1. The van der Waals surface area contributed by atoms with Crippen LogP contribution in [0, 0.1) is 6.92 Å². The van der Waals surface area contributed by atoms with Gasteiger partial charge in [-0.05, 0) is 51.3 Å². The molecule has 6 heteroatoms. The third kappa shape index (κ3) is 3.73. The zero-order valence-corrected chi connectivity index (χ0v) is 12.6. The topological polar surface area (TPSA) is 49.3 Å². The molecule has 0 N–H and O–H groups in total. The van der Waals surface area contributed by atoms with E-state index in [1.807, 2.05) is 18.7 Å². The highest BCUT2D eigenvalue weighted by atomic mass is 32.1. The zero-order chi connectivity index (χ0) is 13.7. The Morgan fingerprint density at radius 1 is 1.37 bits per heavy atom. The quantitative estimate of drug-likeness (QED) is 0.826. The van der Waals surface area contributed by atoms with Gasteiger partial charge in [0.05, 0.1) is 5.69 Å². The fraction of sp³-hybridized carbons (Fsp3) is 0.769. The highest BCUT2D eigenvalue weighted by Gasteiger charge is 2.20. The summed E-state index contributed by atoms with van der Waals surface area (Å²) in [6.45, 7) is 8.73. The fourth-order valence-electron chi connectivity index (χ4n) is 2.42. The van der Waals surface area contributed by atoms with E-state index in [0.717, 1.165) is 25.3 Å². The van der Waals surface area contributed by atoms with Gasteiger partial charge in [0.25, 0.3) is 5.91 Å². The number of hydrogen-bond donors (Lipinski definition) is 0. The lowest BCUT2D eigenvalue weighted by Gasteiger charge is -2.29. The van der Waals surface area contributed by atoms with Crippen LogP contribution in [-0.2, 0) is 0 Å². The van der Waals surface area contributed by atoms with Gasteiger partial charge in [-0.15, -0.1) is 5.10 Å². The molecule has 1 aromatic heterocycles. The van der Waals surface area contributed by atoms with Crippen LogP contribution in [0.4, 0.5) is 0 Å². The Morgan fingerprint density at radius 3 is 2.68 bits per heavy atom. The fourth-order valence-corrected chi connectivity index (χ4v) is 3.04. The summed E-state index contributed by atoms with van der Waals surface area (Å²) in [5, 5.41) is 3.91. The molecule has 0 aliphatic carbocycles. The van der Waals surface area contributed by atoms with Crippen molar-refractivity contribution in [1.82, 2.24) is 19.4 Å². The zero-order valence-electron chi connectivity index (χ0n) is 11.8. The Kier molecular flexibility index (Phi) is 5.27. The van der Waals surface area contributed by atoms with Crippen LogP contribution in [-0.4, -0.2) is 58.0 Å². The highest BCUT2D eigenvalue weighted by Crippen LogP contribution is 2.13. The molecule has 2 heterocycles. The second-order valence-corrected chi connectivity index (χ2v) is 5.73. The molecule has 1 aromatic rings. The van der Waals surface area contributed by atoms with Crippen LogP contribution in [0.5, 0.6) is 0 Å². The molecule has 1 amide bonds. The molecule has 0 radical (unpaired) electrons. The third-order valence-electron chi connectivity index (χ3n) is 3.65. The average molecular weight is 282 g/mol. The molecule has 0 aromatic carbocycles. The largest absolute Gasteiger partial charge is 0.337 e. The molecule has 0 bridgehead atoms. The molecular weight excluding hydrogens is 260 g/mol. The van der Waals surface area contributed by atoms with Crippen LogP contribution in [0.2, 0.25) is 0 Å². The number of amides is 1. The number of nitrogens with zero attached hydrogens (tertiary/aromatic N) is 4. The maximum atomic E-state index is 12.4. The van der Waals surface area contributed by atoms with Crippen LogP contribution in [0.25, 0.3) is 0 Å².